The minimum absolute atomic E-state index is 0.0564. The molecule has 0 aromatic rings. The first-order valence-electron chi connectivity index (χ1n) is 11.9. The van der Waals surface area contributed by atoms with Crippen molar-refractivity contribution in [1.29, 1.82) is 0 Å². The molecule has 4 bridgehead atoms. The Morgan fingerprint density at radius 3 is 2.30 bits per heavy atom. The van der Waals surface area contributed by atoms with Crippen molar-refractivity contribution in [3.63, 3.8) is 0 Å². The molecule has 5 rings (SSSR count). The lowest BCUT2D eigenvalue weighted by molar-refractivity contribution is -0.148. The number of carbonyl (C=O) groups excluding carboxylic acids is 3. The zero-order valence-corrected chi connectivity index (χ0v) is 18.0. The maximum atomic E-state index is 12.5. The van der Waals surface area contributed by atoms with E-state index in [1.54, 1.807) is 0 Å². The molecule has 4 saturated carbocycles. The van der Waals surface area contributed by atoms with Gasteiger partial charge < -0.3 is 15.4 Å². The SMILES string of the molecule is O=C(COC(=O)CNC(=O)CC12CC3CC(CC(C3)C1)C2)NCCC1=CCCCC1. The number of rotatable bonds is 9. The summed E-state index contributed by atoms with van der Waals surface area (Å²) < 4.78 is 5.01. The molecule has 4 fully saturated rings. The van der Waals surface area contributed by atoms with Crippen LogP contribution in [0, 0.1) is 23.2 Å². The largest absolute Gasteiger partial charge is 0.454 e. The van der Waals surface area contributed by atoms with Gasteiger partial charge in [-0.15, -0.1) is 0 Å². The maximum Gasteiger partial charge on any atom is 0.325 e. The molecule has 30 heavy (non-hydrogen) atoms. The van der Waals surface area contributed by atoms with Crippen LogP contribution in [-0.4, -0.2) is 37.5 Å². The Morgan fingerprint density at radius 1 is 0.967 bits per heavy atom. The van der Waals surface area contributed by atoms with Crippen LogP contribution >= 0.6 is 0 Å². The van der Waals surface area contributed by atoms with Crippen molar-refractivity contribution in [2.45, 2.75) is 77.0 Å². The molecule has 6 heteroatoms. The van der Waals surface area contributed by atoms with E-state index in [9.17, 15) is 14.4 Å². The Labute approximate surface area is 179 Å². The molecule has 2 amide bonds. The molecular formula is C24H36N2O4. The highest BCUT2D eigenvalue weighted by molar-refractivity contribution is 5.84. The van der Waals surface area contributed by atoms with Crippen molar-refractivity contribution in [3.05, 3.63) is 11.6 Å². The molecular weight excluding hydrogens is 380 g/mol. The van der Waals surface area contributed by atoms with Gasteiger partial charge in [0.05, 0.1) is 0 Å². The van der Waals surface area contributed by atoms with Crippen molar-refractivity contribution in [3.8, 4) is 0 Å². The molecule has 0 radical (unpaired) electrons. The zero-order valence-electron chi connectivity index (χ0n) is 18.0. The van der Waals surface area contributed by atoms with Gasteiger partial charge in [0.1, 0.15) is 6.54 Å². The van der Waals surface area contributed by atoms with E-state index in [1.165, 1.54) is 56.9 Å². The van der Waals surface area contributed by atoms with E-state index in [2.05, 4.69) is 16.7 Å². The van der Waals surface area contributed by atoms with Crippen LogP contribution in [0.2, 0.25) is 0 Å². The first-order valence-corrected chi connectivity index (χ1v) is 11.9. The molecule has 5 aliphatic rings. The average molecular weight is 417 g/mol. The Kier molecular flexibility index (Phi) is 6.79. The molecule has 0 saturated heterocycles. The topological polar surface area (TPSA) is 84.5 Å². The fraction of sp³-hybridized carbons (Fsp3) is 0.792. The van der Waals surface area contributed by atoms with Crippen LogP contribution in [0.25, 0.3) is 0 Å². The number of hydrogen-bond acceptors (Lipinski definition) is 4. The monoisotopic (exact) mass is 416 g/mol. The van der Waals surface area contributed by atoms with Crippen LogP contribution in [0.1, 0.15) is 77.0 Å². The summed E-state index contributed by atoms with van der Waals surface area (Å²) in [7, 11) is 0. The van der Waals surface area contributed by atoms with Gasteiger partial charge in [0, 0.05) is 13.0 Å². The average Bonchev–Trinajstić information content (AvgIpc) is 2.70. The molecule has 0 spiro atoms. The highest BCUT2D eigenvalue weighted by Crippen LogP contribution is 2.61. The molecule has 166 valence electrons. The molecule has 0 aromatic carbocycles. The third-order valence-corrected chi connectivity index (χ3v) is 7.65. The van der Waals surface area contributed by atoms with Gasteiger partial charge in [0.25, 0.3) is 5.91 Å². The summed E-state index contributed by atoms with van der Waals surface area (Å²) >= 11 is 0. The summed E-state index contributed by atoms with van der Waals surface area (Å²) in [5.74, 6) is 1.52. The number of hydrogen-bond donors (Lipinski definition) is 2. The quantitative estimate of drug-likeness (QED) is 0.446. The van der Waals surface area contributed by atoms with E-state index in [1.807, 2.05) is 0 Å². The van der Waals surface area contributed by atoms with E-state index in [4.69, 9.17) is 4.74 Å². The van der Waals surface area contributed by atoms with E-state index in [0.29, 0.717) is 13.0 Å². The third-order valence-electron chi connectivity index (χ3n) is 7.65. The van der Waals surface area contributed by atoms with Crippen LogP contribution < -0.4 is 10.6 Å². The molecule has 0 heterocycles. The van der Waals surface area contributed by atoms with Crippen molar-refractivity contribution in [2.24, 2.45) is 23.2 Å². The summed E-state index contributed by atoms with van der Waals surface area (Å²) in [5.41, 5.74) is 1.57. The Morgan fingerprint density at radius 2 is 1.67 bits per heavy atom. The molecule has 6 nitrogen and oxygen atoms in total. The Balaban J connectivity index is 1.09. The second-order valence-electron chi connectivity index (χ2n) is 10.2. The van der Waals surface area contributed by atoms with Gasteiger partial charge in [0.15, 0.2) is 6.61 Å². The molecule has 5 aliphatic carbocycles. The number of allylic oxidation sites excluding steroid dienone is 1. The highest BCUT2D eigenvalue weighted by Gasteiger charge is 2.51. The summed E-state index contributed by atoms with van der Waals surface area (Å²) in [5, 5.41) is 5.51. The molecule has 2 N–H and O–H groups in total. The van der Waals surface area contributed by atoms with Crippen LogP contribution in [0.5, 0.6) is 0 Å². The van der Waals surface area contributed by atoms with Gasteiger partial charge in [-0.1, -0.05) is 11.6 Å². The van der Waals surface area contributed by atoms with E-state index in [0.717, 1.165) is 37.0 Å². The second-order valence-corrected chi connectivity index (χ2v) is 10.2. The fourth-order valence-corrected chi connectivity index (χ4v) is 6.82. The van der Waals surface area contributed by atoms with Crippen LogP contribution in [0.3, 0.4) is 0 Å². The van der Waals surface area contributed by atoms with Gasteiger partial charge in [-0.2, -0.15) is 0 Å². The Bertz CT molecular complexity index is 664. The lowest BCUT2D eigenvalue weighted by Gasteiger charge is -2.56. The smallest absolute Gasteiger partial charge is 0.325 e. The molecule has 0 aliphatic heterocycles. The summed E-state index contributed by atoms with van der Waals surface area (Å²) in [6.07, 6.45) is 16.0. The molecule has 0 aromatic heterocycles. The first-order chi connectivity index (χ1) is 14.5. The molecule has 0 atom stereocenters. The lowest BCUT2D eigenvalue weighted by Crippen LogP contribution is -2.48. The van der Waals surface area contributed by atoms with Crippen molar-refractivity contribution in [1.82, 2.24) is 10.6 Å². The van der Waals surface area contributed by atoms with Crippen molar-refractivity contribution in [2.75, 3.05) is 19.7 Å². The van der Waals surface area contributed by atoms with Gasteiger partial charge in [-0.05, 0) is 93.8 Å². The third kappa shape index (κ3) is 5.64. The van der Waals surface area contributed by atoms with Crippen LogP contribution in [0.15, 0.2) is 11.6 Å². The van der Waals surface area contributed by atoms with Crippen molar-refractivity contribution >= 4 is 17.8 Å². The summed E-state index contributed by atoms with van der Waals surface area (Å²) in [6, 6.07) is 0. The first kappa shape index (κ1) is 21.4. The van der Waals surface area contributed by atoms with Gasteiger partial charge in [-0.25, -0.2) is 0 Å². The maximum absolute atomic E-state index is 12.5. The number of esters is 1. The minimum atomic E-state index is -0.556. The Hall–Kier alpha value is -1.85. The second kappa shape index (κ2) is 9.52. The standard InChI is InChI=1S/C24H36N2O4/c27-21(14-24-11-18-8-19(12-24)10-20(9-18)13-24)26-15-23(29)30-16-22(28)25-7-6-17-4-2-1-3-5-17/h4,18-20H,1-3,5-16H2,(H,25,28)(H,26,27). The van der Waals surface area contributed by atoms with Crippen molar-refractivity contribution < 1.29 is 19.1 Å². The summed E-state index contributed by atoms with van der Waals surface area (Å²) in [4.78, 5) is 36.2. The number of nitrogens with one attached hydrogen (secondary N) is 2. The lowest BCUT2D eigenvalue weighted by atomic mass is 9.49. The van der Waals surface area contributed by atoms with E-state index in [-0.39, 0.29) is 30.4 Å². The predicted octanol–water partition coefficient (Wildman–Crippen LogP) is 3.26. The zero-order chi connectivity index (χ0) is 21.0. The van der Waals surface area contributed by atoms with Gasteiger partial charge in [-0.3, -0.25) is 14.4 Å². The van der Waals surface area contributed by atoms with E-state index < -0.39 is 5.97 Å². The highest BCUT2D eigenvalue weighted by atomic mass is 16.5. The van der Waals surface area contributed by atoms with Gasteiger partial charge >= 0.3 is 5.97 Å². The van der Waals surface area contributed by atoms with Crippen LogP contribution in [-0.2, 0) is 19.1 Å². The summed E-state index contributed by atoms with van der Waals surface area (Å²) in [6.45, 7) is 0.123. The van der Waals surface area contributed by atoms with Crippen LogP contribution in [0.4, 0.5) is 0 Å². The van der Waals surface area contributed by atoms with E-state index >= 15 is 0 Å². The number of carbonyl (C=O) groups is 3. The number of ether oxygens (including phenoxy) is 1. The predicted molar refractivity (Wildman–Crippen MR) is 113 cm³/mol. The van der Waals surface area contributed by atoms with Gasteiger partial charge in [0.2, 0.25) is 5.91 Å². The molecule has 0 unspecified atom stereocenters. The fourth-order valence-electron chi connectivity index (χ4n) is 6.82. The normalized spacial score (nSPS) is 31.7. The number of amides is 2. The minimum Gasteiger partial charge on any atom is -0.454 e.